The van der Waals surface area contributed by atoms with E-state index >= 15 is 0 Å². The van der Waals surface area contributed by atoms with Crippen LogP contribution in [0.3, 0.4) is 0 Å². The van der Waals surface area contributed by atoms with E-state index in [1.165, 1.54) is 44.1 Å². The summed E-state index contributed by atoms with van der Waals surface area (Å²) in [6.45, 7) is 4.06. The standard InChI is InChI=1S/C17H26N2O/c1-13-9-11-16(12-10-13)19-17(20)14(2)18-15-7-5-3-4-6-8-15/h9-12,14-15,18H,3-8H2,1-2H3,(H,19,20)/p+1/t14-/m0/s1. The van der Waals surface area contributed by atoms with Crippen LogP contribution >= 0.6 is 0 Å². The molecule has 0 bridgehead atoms. The van der Waals surface area contributed by atoms with Crippen LogP contribution in [0.1, 0.15) is 51.0 Å². The molecule has 1 atom stereocenters. The lowest BCUT2D eigenvalue weighted by atomic mass is 10.1. The molecule has 1 aliphatic carbocycles. The Bertz CT molecular complexity index is 419. The average molecular weight is 275 g/mol. The molecule has 20 heavy (non-hydrogen) atoms. The van der Waals surface area contributed by atoms with Crippen LogP contribution in [-0.2, 0) is 4.79 Å². The van der Waals surface area contributed by atoms with Crippen LogP contribution < -0.4 is 10.6 Å². The summed E-state index contributed by atoms with van der Waals surface area (Å²) >= 11 is 0. The Balaban J connectivity index is 1.83. The predicted octanol–water partition coefficient (Wildman–Crippen LogP) is 2.61. The Morgan fingerprint density at radius 1 is 1.15 bits per heavy atom. The van der Waals surface area contributed by atoms with Gasteiger partial charge >= 0.3 is 0 Å². The molecule has 1 saturated carbocycles. The average Bonchev–Trinajstić information content (AvgIpc) is 2.70. The summed E-state index contributed by atoms with van der Waals surface area (Å²) in [5.41, 5.74) is 2.10. The zero-order valence-electron chi connectivity index (χ0n) is 12.7. The Labute approximate surface area is 122 Å². The number of carbonyl (C=O) groups excluding carboxylic acids is 1. The van der Waals surface area contributed by atoms with Crippen LogP contribution in [0.5, 0.6) is 0 Å². The van der Waals surface area contributed by atoms with Gasteiger partial charge in [0.15, 0.2) is 6.04 Å². The number of hydrogen-bond donors (Lipinski definition) is 2. The Kier molecular flexibility index (Phi) is 5.60. The molecule has 1 aromatic rings. The molecule has 0 heterocycles. The van der Waals surface area contributed by atoms with Crippen LogP contribution in [-0.4, -0.2) is 18.0 Å². The molecule has 0 aromatic heterocycles. The van der Waals surface area contributed by atoms with E-state index in [9.17, 15) is 4.79 Å². The van der Waals surface area contributed by atoms with Gasteiger partial charge < -0.3 is 10.6 Å². The van der Waals surface area contributed by atoms with Crippen molar-refractivity contribution in [1.29, 1.82) is 0 Å². The molecule has 3 nitrogen and oxygen atoms in total. The third-order valence-corrected chi connectivity index (χ3v) is 4.19. The van der Waals surface area contributed by atoms with E-state index in [0.29, 0.717) is 6.04 Å². The highest BCUT2D eigenvalue weighted by atomic mass is 16.2. The zero-order valence-corrected chi connectivity index (χ0v) is 12.7. The van der Waals surface area contributed by atoms with E-state index < -0.39 is 0 Å². The van der Waals surface area contributed by atoms with Crippen molar-refractivity contribution < 1.29 is 10.1 Å². The summed E-state index contributed by atoms with van der Waals surface area (Å²) in [4.78, 5) is 12.2. The van der Waals surface area contributed by atoms with Crippen molar-refractivity contribution in [3.63, 3.8) is 0 Å². The number of rotatable bonds is 4. The van der Waals surface area contributed by atoms with Crippen molar-refractivity contribution in [3.05, 3.63) is 29.8 Å². The van der Waals surface area contributed by atoms with Gasteiger partial charge in [-0.3, -0.25) is 4.79 Å². The normalized spacial score (nSPS) is 18.3. The Morgan fingerprint density at radius 2 is 1.75 bits per heavy atom. The largest absolute Gasteiger partial charge is 0.334 e. The third-order valence-electron chi connectivity index (χ3n) is 4.19. The minimum absolute atomic E-state index is 0.0144. The summed E-state index contributed by atoms with van der Waals surface area (Å²) < 4.78 is 0. The highest BCUT2D eigenvalue weighted by Crippen LogP contribution is 2.15. The maximum Gasteiger partial charge on any atom is 0.282 e. The van der Waals surface area contributed by atoms with Gasteiger partial charge in [-0.05, 0) is 51.7 Å². The number of benzene rings is 1. The summed E-state index contributed by atoms with van der Waals surface area (Å²) in [5.74, 6) is 0.109. The van der Waals surface area contributed by atoms with Gasteiger partial charge in [-0.1, -0.05) is 30.5 Å². The van der Waals surface area contributed by atoms with E-state index in [1.807, 2.05) is 38.1 Å². The van der Waals surface area contributed by atoms with E-state index in [0.717, 1.165) is 5.69 Å². The molecule has 0 spiro atoms. The predicted molar refractivity (Wildman–Crippen MR) is 82.7 cm³/mol. The number of nitrogens with one attached hydrogen (secondary N) is 1. The van der Waals surface area contributed by atoms with Crippen molar-refractivity contribution in [2.24, 2.45) is 0 Å². The minimum atomic E-state index is -0.0144. The molecule has 0 saturated heterocycles. The number of amides is 1. The quantitative estimate of drug-likeness (QED) is 0.815. The van der Waals surface area contributed by atoms with Gasteiger partial charge in [-0.25, -0.2) is 0 Å². The van der Waals surface area contributed by atoms with E-state index in [-0.39, 0.29) is 11.9 Å². The second kappa shape index (κ2) is 7.44. The number of quaternary nitrogens is 1. The van der Waals surface area contributed by atoms with Gasteiger partial charge in [0.25, 0.3) is 5.91 Å². The Morgan fingerprint density at radius 3 is 2.35 bits per heavy atom. The first kappa shape index (κ1) is 15.0. The number of anilines is 1. The lowest BCUT2D eigenvalue weighted by molar-refractivity contribution is -0.707. The molecular weight excluding hydrogens is 248 g/mol. The molecule has 1 fully saturated rings. The van der Waals surface area contributed by atoms with Crippen molar-refractivity contribution in [1.82, 2.24) is 0 Å². The fourth-order valence-electron chi connectivity index (χ4n) is 2.89. The summed E-state index contributed by atoms with van der Waals surface area (Å²) in [6, 6.07) is 8.58. The zero-order chi connectivity index (χ0) is 14.4. The summed E-state index contributed by atoms with van der Waals surface area (Å²) in [5, 5.41) is 5.26. The number of carbonyl (C=O) groups is 1. The van der Waals surface area contributed by atoms with Crippen molar-refractivity contribution in [2.45, 2.75) is 64.5 Å². The van der Waals surface area contributed by atoms with Gasteiger partial charge in [-0.2, -0.15) is 0 Å². The van der Waals surface area contributed by atoms with Gasteiger partial charge in [0, 0.05) is 5.69 Å². The fourth-order valence-corrected chi connectivity index (χ4v) is 2.89. The van der Waals surface area contributed by atoms with Gasteiger partial charge in [0.2, 0.25) is 0 Å². The van der Waals surface area contributed by atoms with Crippen LogP contribution in [0, 0.1) is 6.92 Å². The smallest absolute Gasteiger partial charge is 0.282 e. The first-order valence-electron chi connectivity index (χ1n) is 7.87. The SMILES string of the molecule is Cc1ccc(NC(=O)[C@H](C)[NH2+]C2CCCCCC2)cc1. The van der Waals surface area contributed by atoms with Gasteiger partial charge in [0.1, 0.15) is 0 Å². The molecular formula is C17H27N2O+. The monoisotopic (exact) mass is 275 g/mol. The number of hydrogen-bond acceptors (Lipinski definition) is 1. The molecule has 3 heteroatoms. The molecule has 0 radical (unpaired) electrons. The second-order valence-electron chi connectivity index (χ2n) is 6.09. The van der Waals surface area contributed by atoms with Crippen molar-refractivity contribution >= 4 is 11.6 Å². The van der Waals surface area contributed by atoms with E-state index in [2.05, 4.69) is 10.6 Å². The second-order valence-corrected chi connectivity index (χ2v) is 6.09. The molecule has 110 valence electrons. The Hall–Kier alpha value is -1.35. The van der Waals surface area contributed by atoms with E-state index in [4.69, 9.17) is 0 Å². The lowest BCUT2D eigenvalue weighted by Crippen LogP contribution is -2.96. The van der Waals surface area contributed by atoms with Crippen molar-refractivity contribution in [3.8, 4) is 0 Å². The maximum atomic E-state index is 12.2. The summed E-state index contributed by atoms with van der Waals surface area (Å²) in [6.07, 6.45) is 7.84. The molecule has 3 N–H and O–H groups in total. The third kappa shape index (κ3) is 4.64. The van der Waals surface area contributed by atoms with Crippen LogP contribution in [0.4, 0.5) is 5.69 Å². The molecule has 0 aliphatic heterocycles. The number of aryl methyl sites for hydroxylation is 1. The number of nitrogens with two attached hydrogens (primary N) is 1. The molecule has 1 aromatic carbocycles. The van der Waals surface area contributed by atoms with Gasteiger partial charge in [0.05, 0.1) is 6.04 Å². The van der Waals surface area contributed by atoms with Crippen LogP contribution in [0.2, 0.25) is 0 Å². The van der Waals surface area contributed by atoms with Crippen LogP contribution in [0.25, 0.3) is 0 Å². The lowest BCUT2D eigenvalue weighted by Gasteiger charge is -2.18. The maximum absolute atomic E-state index is 12.2. The first-order chi connectivity index (χ1) is 9.65. The minimum Gasteiger partial charge on any atom is -0.334 e. The molecule has 2 rings (SSSR count). The summed E-state index contributed by atoms with van der Waals surface area (Å²) in [7, 11) is 0. The molecule has 1 amide bonds. The van der Waals surface area contributed by atoms with Gasteiger partial charge in [-0.15, -0.1) is 0 Å². The topological polar surface area (TPSA) is 45.7 Å². The van der Waals surface area contributed by atoms with Crippen LogP contribution in [0.15, 0.2) is 24.3 Å². The molecule has 1 aliphatic rings. The first-order valence-corrected chi connectivity index (χ1v) is 7.87. The van der Waals surface area contributed by atoms with E-state index in [1.54, 1.807) is 0 Å². The van der Waals surface area contributed by atoms with Crippen molar-refractivity contribution in [2.75, 3.05) is 5.32 Å². The highest BCUT2D eigenvalue weighted by molar-refractivity contribution is 5.93. The molecule has 0 unspecified atom stereocenters. The fraction of sp³-hybridized carbons (Fsp3) is 0.588. The highest BCUT2D eigenvalue weighted by Gasteiger charge is 2.22.